The summed E-state index contributed by atoms with van der Waals surface area (Å²) in [7, 11) is 3.39. The Labute approximate surface area is 118 Å². The molecule has 5 nitrogen and oxygen atoms in total. The fourth-order valence-electron chi connectivity index (χ4n) is 1.66. The molecule has 0 aliphatic carbocycles. The van der Waals surface area contributed by atoms with E-state index in [0.717, 1.165) is 5.69 Å². The van der Waals surface area contributed by atoms with E-state index in [1.54, 1.807) is 38.1 Å². The number of rotatable bonds is 6. The van der Waals surface area contributed by atoms with Gasteiger partial charge in [0, 0.05) is 37.3 Å². The van der Waals surface area contributed by atoms with Crippen LogP contribution < -0.4 is 5.32 Å². The van der Waals surface area contributed by atoms with Crippen LogP contribution in [-0.4, -0.2) is 59.1 Å². The summed E-state index contributed by atoms with van der Waals surface area (Å²) in [4.78, 5) is 17.4. The number of aliphatic hydroxyl groups excluding tert-OH is 1. The number of hydrogen-bond acceptors (Lipinski definition) is 5. The lowest BCUT2D eigenvalue weighted by Crippen LogP contribution is -2.31. The minimum absolute atomic E-state index is 0.102. The highest BCUT2D eigenvalue weighted by Crippen LogP contribution is 2.16. The van der Waals surface area contributed by atoms with Gasteiger partial charge in [0.1, 0.15) is 5.69 Å². The first-order valence-electron chi connectivity index (χ1n) is 6.07. The third-order valence-electron chi connectivity index (χ3n) is 2.82. The Kier molecular flexibility index (Phi) is 6.11. The molecule has 1 aromatic rings. The molecule has 6 heteroatoms. The summed E-state index contributed by atoms with van der Waals surface area (Å²) < 4.78 is 0. The summed E-state index contributed by atoms with van der Waals surface area (Å²) in [6, 6.07) is 3.65. The summed E-state index contributed by atoms with van der Waals surface area (Å²) >= 11 is 1.61. The van der Waals surface area contributed by atoms with Gasteiger partial charge in [-0.3, -0.25) is 9.78 Å². The summed E-state index contributed by atoms with van der Waals surface area (Å²) in [5.74, 6) is -0.125. The van der Waals surface area contributed by atoms with Crippen LogP contribution in [0.5, 0.6) is 0 Å². The first-order valence-corrected chi connectivity index (χ1v) is 7.36. The van der Waals surface area contributed by atoms with Gasteiger partial charge in [-0.25, -0.2) is 0 Å². The molecule has 1 amide bonds. The van der Waals surface area contributed by atoms with Crippen molar-refractivity contribution < 1.29 is 9.90 Å². The number of carbonyl (C=O) groups is 1. The van der Waals surface area contributed by atoms with Crippen LogP contribution in [0.4, 0.5) is 5.69 Å². The van der Waals surface area contributed by atoms with E-state index in [1.165, 1.54) is 4.90 Å². The van der Waals surface area contributed by atoms with Gasteiger partial charge in [0.05, 0.1) is 6.61 Å². The summed E-state index contributed by atoms with van der Waals surface area (Å²) in [5.41, 5.74) is 1.24. The van der Waals surface area contributed by atoms with Crippen LogP contribution in [0.1, 0.15) is 17.4 Å². The van der Waals surface area contributed by atoms with Crippen LogP contribution in [0.2, 0.25) is 0 Å². The second-order valence-corrected chi connectivity index (χ2v) is 5.60. The first-order chi connectivity index (χ1) is 8.99. The van der Waals surface area contributed by atoms with E-state index in [0.29, 0.717) is 5.69 Å². The molecule has 0 fully saturated rings. The Morgan fingerprint density at radius 1 is 1.58 bits per heavy atom. The van der Waals surface area contributed by atoms with Crippen LogP contribution in [0.3, 0.4) is 0 Å². The number of aromatic nitrogens is 1. The molecule has 0 bridgehead atoms. The van der Waals surface area contributed by atoms with E-state index in [2.05, 4.69) is 10.3 Å². The van der Waals surface area contributed by atoms with Gasteiger partial charge >= 0.3 is 0 Å². The first kappa shape index (κ1) is 15.8. The Balaban J connectivity index is 2.80. The molecule has 2 unspecified atom stereocenters. The number of thioether (sulfide) groups is 1. The number of pyridine rings is 1. The Morgan fingerprint density at radius 2 is 2.26 bits per heavy atom. The molecule has 0 radical (unpaired) electrons. The van der Waals surface area contributed by atoms with Crippen molar-refractivity contribution in [2.75, 3.05) is 32.3 Å². The topological polar surface area (TPSA) is 65.5 Å². The molecule has 0 aromatic carbocycles. The Morgan fingerprint density at radius 3 is 2.79 bits per heavy atom. The van der Waals surface area contributed by atoms with E-state index in [9.17, 15) is 9.90 Å². The maximum Gasteiger partial charge on any atom is 0.272 e. The molecule has 106 valence electrons. The van der Waals surface area contributed by atoms with Crippen LogP contribution in [0, 0.1) is 0 Å². The molecule has 2 N–H and O–H groups in total. The normalized spacial score (nSPS) is 13.7. The minimum atomic E-state index is -0.125. The molecule has 0 aliphatic rings. The lowest BCUT2D eigenvalue weighted by molar-refractivity contribution is 0.0822. The number of nitrogens with one attached hydrogen (secondary N) is 1. The Bertz CT molecular complexity index is 422. The van der Waals surface area contributed by atoms with Gasteiger partial charge in [0.25, 0.3) is 5.91 Å². The number of nitrogens with zero attached hydrogens (tertiary/aromatic N) is 2. The molecule has 0 spiro atoms. The monoisotopic (exact) mass is 283 g/mol. The van der Waals surface area contributed by atoms with Crippen molar-refractivity contribution in [3.8, 4) is 0 Å². The smallest absolute Gasteiger partial charge is 0.272 e. The zero-order valence-electron chi connectivity index (χ0n) is 11.8. The molecule has 1 heterocycles. The average molecular weight is 283 g/mol. The predicted molar refractivity (Wildman–Crippen MR) is 79.7 cm³/mol. The maximum atomic E-state index is 11.8. The summed E-state index contributed by atoms with van der Waals surface area (Å²) in [5, 5.41) is 12.7. The van der Waals surface area contributed by atoms with Gasteiger partial charge < -0.3 is 15.3 Å². The number of amides is 1. The van der Waals surface area contributed by atoms with Crippen molar-refractivity contribution >= 4 is 23.4 Å². The van der Waals surface area contributed by atoms with Crippen LogP contribution in [0.15, 0.2) is 18.3 Å². The molecular weight excluding hydrogens is 262 g/mol. The van der Waals surface area contributed by atoms with Crippen LogP contribution >= 0.6 is 11.8 Å². The number of carbonyl (C=O) groups excluding carboxylic acids is 1. The van der Waals surface area contributed by atoms with Crippen molar-refractivity contribution in [3.63, 3.8) is 0 Å². The van der Waals surface area contributed by atoms with E-state index in [-0.39, 0.29) is 23.8 Å². The van der Waals surface area contributed by atoms with Gasteiger partial charge in [-0.05, 0) is 25.3 Å². The Hall–Kier alpha value is -1.27. The lowest BCUT2D eigenvalue weighted by atomic mass is 10.2. The second-order valence-electron chi connectivity index (χ2n) is 4.52. The average Bonchev–Trinajstić information content (AvgIpc) is 2.39. The number of anilines is 1. The molecule has 1 rings (SSSR count). The molecular formula is C13H21N3O2S. The third-order valence-corrected chi connectivity index (χ3v) is 3.98. The fourth-order valence-corrected chi connectivity index (χ4v) is 2.28. The zero-order valence-corrected chi connectivity index (χ0v) is 12.6. The van der Waals surface area contributed by atoms with Gasteiger partial charge in [0.2, 0.25) is 0 Å². The molecule has 0 saturated carbocycles. The zero-order chi connectivity index (χ0) is 14.4. The van der Waals surface area contributed by atoms with Crippen molar-refractivity contribution in [3.05, 3.63) is 24.0 Å². The highest BCUT2D eigenvalue weighted by Gasteiger charge is 2.16. The van der Waals surface area contributed by atoms with E-state index >= 15 is 0 Å². The minimum Gasteiger partial charge on any atom is -0.395 e. The third kappa shape index (κ3) is 4.40. The SMILES string of the molecule is CSC(CO)C(C)Nc1ccnc(C(=O)N(C)C)c1. The van der Waals surface area contributed by atoms with Crippen LogP contribution in [-0.2, 0) is 0 Å². The molecule has 1 aromatic heterocycles. The molecule has 0 aliphatic heterocycles. The van der Waals surface area contributed by atoms with Gasteiger partial charge in [0.15, 0.2) is 0 Å². The van der Waals surface area contributed by atoms with Gasteiger partial charge in [-0.1, -0.05) is 0 Å². The largest absolute Gasteiger partial charge is 0.395 e. The quantitative estimate of drug-likeness (QED) is 0.824. The fraction of sp³-hybridized carbons (Fsp3) is 0.538. The van der Waals surface area contributed by atoms with E-state index in [1.807, 2.05) is 19.2 Å². The van der Waals surface area contributed by atoms with Crippen molar-refractivity contribution in [2.24, 2.45) is 0 Å². The van der Waals surface area contributed by atoms with Crippen molar-refractivity contribution in [2.45, 2.75) is 18.2 Å². The number of aliphatic hydroxyl groups is 1. The number of hydrogen-bond donors (Lipinski definition) is 2. The van der Waals surface area contributed by atoms with E-state index < -0.39 is 0 Å². The van der Waals surface area contributed by atoms with Crippen molar-refractivity contribution in [1.82, 2.24) is 9.88 Å². The maximum absolute atomic E-state index is 11.8. The highest BCUT2D eigenvalue weighted by atomic mass is 32.2. The summed E-state index contributed by atoms with van der Waals surface area (Å²) in [6.07, 6.45) is 3.57. The second kappa shape index (κ2) is 7.35. The van der Waals surface area contributed by atoms with Crippen molar-refractivity contribution in [1.29, 1.82) is 0 Å². The molecule has 2 atom stereocenters. The predicted octanol–water partition coefficient (Wildman–Crippen LogP) is 1.31. The van der Waals surface area contributed by atoms with Crippen LogP contribution in [0.25, 0.3) is 0 Å². The highest BCUT2D eigenvalue weighted by molar-refractivity contribution is 7.99. The lowest BCUT2D eigenvalue weighted by Gasteiger charge is -2.22. The molecule has 19 heavy (non-hydrogen) atoms. The molecule has 0 saturated heterocycles. The standard InChI is InChI=1S/C13H21N3O2S/c1-9(12(8-17)19-4)15-10-5-6-14-11(7-10)13(18)16(2)3/h5-7,9,12,17H,8H2,1-4H3,(H,14,15). The van der Waals surface area contributed by atoms with E-state index in [4.69, 9.17) is 0 Å². The van der Waals surface area contributed by atoms with Gasteiger partial charge in [-0.2, -0.15) is 11.8 Å². The summed E-state index contributed by atoms with van der Waals surface area (Å²) in [6.45, 7) is 2.12. The van der Waals surface area contributed by atoms with Gasteiger partial charge in [-0.15, -0.1) is 0 Å².